The fourth-order valence-electron chi connectivity index (χ4n) is 2.65. The van der Waals surface area contributed by atoms with Crippen molar-refractivity contribution in [3.8, 4) is 11.5 Å². The molecule has 7 nitrogen and oxygen atoms in total. The molecule has 1 aliphatic rings. The van der Waals surface area contributed by atoms with Gasteiger partial charge in [-0.25, -0.2) is 4.79 Å². The van der Waals surface area contributed by atoms with Crippen LogP contribution in [0.15, 0.2) is 29.0 Å². The molecule has 1 atom stereocenters. The Labute approximate surface area is 128 Å². The molecule has 118 valence electrons. The van der Waals surface area contributed by atoms with Gasteiger partial charge in [-0.2, -0.15) is 5.10 Å². The highest BCUT2D eigenvalue weighted by atomic mass is 16.5. The van der Waals surface area contributed by atoms with Crippen molar-refractivity contribution in [2.24, 2.45) is 7.05 Å². The summed E-state index contributed by atoms with van der Waals surface area (Å²) in [4.78, 5) is 14.2. The Morgan fingerprint density at radius 3 is 3.18 bits per heavy atom. The Kier molecular flexibility index (Phi) is 4.15. The fourth-order valence-corrected chi connectivity index (χ4v) is 2.65. The van der Waals surface area contributed by atoms with Crippen LogP contribution in [0.1, 0.15) is 13.3 Å². The van der Waals surface area contributed by atoms with E-state index in [9.17, 15) is 4.79 Å². The van der Waals surface area contributed by atoms with Crippen LogP contribution in [-0.4, -0.2) is 46.5 Å². The summed E-state index contributed by atoms with van der Waals surface area (Å²) in [7, 11) is 1.81. The average molecular weight is 304 g/mol. The second-order valence-electron chi connectivity index (χ2n) is 5.28. The lowest BCUT2D eigenvalue weighted by atomic mass is 10.3. The van der Waals surface area contributed by atoms with Crippen LogP contribution >= 0.6 is 0 Å². The lowest BCUT2D eigenvalue weighted by Gasteiger charge is -2.17. The molecule has 0 unspecified atom stereocenters. The zero-order chi connectivity index (χ0) is 15.5. The van der Waals surface area contributed by atoms with Crippen molar-refractivity contribution in [3.05, 3.63) is 24.6 Å². The monoisotopic (exact) mass is 304 g/mol. The minimum Gasteiger partial charge on any atom is -0.463 e. The van der Waals surface area contributed by atoms with Gasteiger partial charge >= 0.3 is 6.03 Å². The van der Waals surface area contributed by atoms with E-state index < -0.39 is 0 Å². The van der Waals surface area contributed by atoms with Crippen LogP contribution in [0.25, 0.3) is 11.5 Å². The number of hydrogen-bond acceptors (Lipinski definition) is 4. The lowest BCUT2D eigenvalue weighted by Crippen LogP contribution is -2.34. The summed E-state index contributed by atoms with van der Waals surface area (Å²) in [5.74, 6) is 0.629. The Balaban J connectivity index is 1.70. The molecule has 22 heavy (non-hydrogen) atoms. The highest BCUT2D eigenvalue weighted by Gasteiger charge is 2.27. The maximum absolute atomic E-state index is 12.4. The summed E-state index contributed by atoms with van der Waals surface area (Å²) in [5.41, 5.74) is 1.27. The Hall–Kier alpha value is -2.28. The predicted octanol–water partition coefficient (Wildman–Crippen LogP) is 2.32. The quantitative estimate of drug-likeness (QED) is 0.941. The Morgan fingerprint density at radius 1 is 1.59 bits per heavy atom. The fraction of sp³-hybridized carbons (Fsp3) is 0.467. The van der Waals surface area contributed by atoms with Crippen molar-refractivity contribution in [2.75, 3.05) is 25.0 Å². The average Bonchev–Trinajstić information content (AvgIpc) is 3.19. The van der Waals surface area contributed by atoms with E-state index in [1.807, 2.05) is 20.0 Å². The van der Waals surface area contributed by atoms with Crippen molar-refractivity contribution in [1.29, 1.82) is 0 Å². The van der Waals surface area contributed by atoms with Gasteiger partial charge in [-0.3, -0.25) is 4.68 Å². The first-order valence-electron chi connectivity index (χ1n) is 7.42. The number of aryl methyl sites for hydroxylation is 1. The molecule has 0 aliphatic carbocycles. The second kappa shape index (κ2) is 6.23. The molecule has 1 fully saturated rings. The summed E-state index contributed by atoms with van der Waals surface area (Å²) in [6.07, 6.45) is 4.36. The van der Waals surface area contributed by atoms with E-state index in [0.29, 0.717) is 36.8 Å². The number of nitrogens with zero attached hydrogens (tertiary/aromatic N) is 3. The van der Waals surface area contributed by atoms with Crippen molar-refractivity contribution >= 4 is 11.7 Å². The Bertz CT molecular complexity index is 635. The largest absolute Gasteiger partial charge is 0.463 e. The highest BCUT2D eigenvalue weighted by molar-refractivity contribution is 5.93. The number of nitrogens with one attached hydrogen (secondary N) is 1. The molecular weight excluding hydrogens is 284 g/mol. The number of hydrogen-bond donors (Lipinski definition) is 1. The number of carbonyl (C=O) groups is 1. The maximum atomic E-state index is 12.4. The summed E-state index contributed by atoms with van der Waals surface area (Å²) in [6.45, 7) is 3.96. The molecule has 1 saturated heterocycles. The first-order chi connectivity index (χ1) is 10.7. The van der Waals surface area contributed by atoms with Gasteiger partial charge in [-0.05, 0) is 25.5 Å². The van der Waals surface area contributed by atoms with Crippen LogP contribution in [0.2, 0.25) is 0 Å². The molecule has 2 amide bonds. The number of aromatic nitrogens is 2. The number of urea groups is 1. The minimum absolute atomic E-state index is 0.134. The summed E-state index contributed by atoms with van der Waals surface area (Å²) in [6, 6.07) is 3.48. The van der Waals surface area contributed by atoms with Crippen LogP contribution < -0.4 is 5.32 Å². The van der Waals surface area contributed by atoms with Crippen LogP contribution in [-0.2, 0) is 11.8 Å². The third-order valence-corrected chi connectivity index (χ3v) is 3.66. The van der Waals surface area contributed by atoms with Gasteiger partial charge in [-0.1, -0.05) is 0 Å². The molecule has 3 heterocycles. The highest BCUT2D eigenvalue weighted by Crippen LogP contribution is 2.27. The van der Waals surface area contributed by atoms with Gasteiger partial charge in [-0.15, -0.1) is 0 Å². The first kappa shape index (κ1) is 14.6. The zero-order valence-corrected chi connectivity index (χ0v) is 12.8. The molecule has 0 radical (unpaired) electrons. The third kappa shape index (κ3) is 2.99. The smallest absolute Gasteiger partial charge is 0.322 e. The van der Waals surface area contributed by atoms with Gasteiger partial charge in [0.25, 0.3) is 0 Å². The van der Waals surface area contributed by atoms with Crippen molar-refractivity contribution in [1.82, 2.24) is 14.7 Å². The molecule has 1 N–H and O–H groups in total. The standard InChI is InChI=1S/C15H20N4O3/c1-3-21-11-6-7-19(9-11)15(20)16-12-10-18(2)17-14(12)13-5-4-8-22-13/h4-5,8,10-11H,3,6-7,9H2,1-2H3,(H,16,20)/t11-/m0/s1. The topological polar surface area (TPSA) is 72.5 Å². The van der Waals surface area contributed by atoms with Gasteiger partial charge in [0.1, 0.15) is 0 Å². The molecular formula is C15H20N4O3. The van der Waals surface area contributed by atoms with E-state index >= 15 is 0 Å². The predicted molar refractivity (Wildman–Crippen MR) is 81.5 cm³/mol. The number of amides is 2. The normalized spacial score (nSPS) is 17.9. The number of anilines is 1. The van der Waals surface area contributed by atoms with Crippen LogP contribution in [0.3, 0.4) is 0 Å². The Morgan fingerprint density at radius 2 is 2.45 bits per heavy atom. The number of likely N-dealkylation sites (tertiary alicyclic amines) is 1. The second-order valence-corrected chi connectivity index (χ2v) is 5.28. The van der Waals surface area contributed by atoms with Gasteiger partial charge in [0.2, 0.25) is 0 Å². The van der Waals surface area contributed by atoms with Gasteiger partial charge in [0.05, 0.1) is 18.1 Å². The van der Waals surface area contributed by atoms with Crippen LogP contribution in [0.4, 0.5) is 10.5 Å². The molecule has 0 spiro atoms. The van der Waals surface area contributed by atoms with Crippen LogP contribution in [0, 0.1) is 0 Å². The van der Waals surface area contributed by atoms with Gasteiger partial charge < -0.3 is 19.4 Å². The van der Waals surface area contributed by atoms with E-state index in [4.69, 9.17) is 9.15 Å². The van der Waals surface area contributed by atoms with Gasteiger partial charge in [0.15, 0.2) is 11.5 Å². The third-order valence-electron chi connectivity index (χ3n) is 3.66. The molecule has 0 saturated carbocycles. The van der Waals surface area contributed by atoms with Crippen molar-refractivity contribution in [3.63, 3.8) is 0 Å². The lowest BCUT2D eigenvalue weighted by molar-refractivity contribution is 0.0716. The SMILES string of the molecule is CCO[C@H]1CCN(C(=O)Nc2cn(C)nc2-c2ccco2)C1. The molecule has 0 bridgehead atoms. The number of furan rings is 1. The van der Waals surface area contributed by atoms with E-state index in [2.05, 4.69) is 10.4 Å². The van der Waals surface area contributed by atoms with E-state index in [0.717, 1.165) is 6.42 Å². The van der Waals surface area contributed by atoms with Crippen LogP contribution in [0.5, 0.6) is 0 Å². The first-order valence-corrected chi connectivity index (χ1v) is 7.42. The summed E-state index contributed by atoms with van der Waals surface area (Å²) < 4.78 is 12.6. The van der Waals surface area contributed by atoms with Crippen molar-refractivity contribution < 1.29 is 13.9 Å². The molecule has 0 aromatic carbocycles. The van der Waals surface area contributed by atoms with Crippen molar-refractivity contribution in [2.45, 2.75) is 19.4 Å². The molecule has 2 aromatic rings. The van der Waals surface area contributed by atoms with E-state index in [-0.39, 0.29) is 12.1 Å². The van der Waals surface area contributed by atoms with E-state index in [1.54, 1.807) is 28.1 Å². The molecule has 2 aromatic heterocycles. The van der Waals surface area contributed by atoms with E-state index in [1.165, 1.54) is 0 Å². The molecule has 3 rings (SSSR count). The summed E-state index contributed by atoms with van der Waals surface area (Å²) in [5, 5.41) is 7.25. The number of ether oxygens (including phenoxy) is 1. The molecule has 7 heteroatoms. The zero-order valence-electron chi connectivity index (χ0n) is 12.8. The number of carbonyl (C=O) groups excluding carboxylic acids is 1. The number of rotatable bonds is 4. The maximum Gasteiger partial charge on any atom is 0.322 e. The summed E-state index contributed by atoms with van der Waals surface area (Å²) >= 11 is 0. The minimum atomic E-state index is -0.136. The van der Waals surface area contributed by atoms with Gasteiger partial charge in [0, 0.05) is 32.9 Å². The molecule has 1 aliphatic heterocycles.